The Kier molecular flexibility index (Phi) is 15.0. The molecule has 0 aliphatic heterocycles. The summed E-state index contributed by atoms with van der Waals surface area (Å²) in [7, 11) is 0. The van der Waals surface area contributed by atoms with Gasteiger partial charge in [0, 0.05) is 0 Å². The van der Waals surface area contributed by atoms with Crippen LogP contribution in [0.2, 0.25) is 0 Å². The number of rotatable bonds is 4. The van der Waals surface area contributed by atoms with Gasteiger partial charge in [-0.3, -0.25) is 0 Å². The molecule has 0 aromatic rings. The molecule has 0 aromatic carbocycles. The molecule has 0 fully saturated rings. The van der Waals surface area contributed by atoms with Crippen molar-refractivity contribution in [2.24, 2.45) is 0 Å². The van der Waals surface area contributed by atoms with Crippen LogP contribution in [0.25, 0.3) is 0 Å². The second kappa shape index (κ2) is 11.0. The number of alkyl carbamates (subject to hydrolysis) is 1. The number of carbonyl (C=O) groups excluding carboxylic acids is 2. The molecule has 0 rings (SSSR count). The van der Waals surface area contributed by atoms with Crippen molar-refractivity contribution < 1.29 is 78.5 Å². The van der Waals surface area contributed by atoms with Gasteiger partial charge in [-0.05, 0) is 27.2 Å². The zero-order valence-corrected chi connectivity index (χ0v) is 15.8. The molecule has 0 aromatic heterocycles. The van der Waals surface area contributed by atoms with Crippen molar-refractivity contribution in [2.45, 2.75) is 38.8 Å². The summed E-state index contributed by atoms with van der Waals surface area (Å²) in [4.78, 5) is 21.8. The summed E-state index contributed by atoms with van der Waals surface area (Å²) in [5, 5.41) is 12.7. The third-order valence-corrected chi connectivity index (χ3v) is 1.62. The van der Waals surface area contributed by atoms with E-state index in [0.717, 1.165) is 0 Å². The van der Waals surface area contributed by atoms with Crippen LogP contribution in [0.15, 0.2) is 0 Å². The maximum atomic E-state index is 11.2. The molecule has 0 aliphatic rings. The normalized spacial score (nSPS) is 11.5. The smallest absolute Gasteiger partial charge is 0.793 e. The zero-order valence-electron chi connectivity index (χ0n) is 11.0. The van der Waals surface area contributed by atoms with Crippen molar-refractivity contribution in [3.63, 3.8) is 0 Å². The maximum Gasteiger partial charge on any atom is 1.00 e. The Labute approximate surface area is 151 Å². The van der Waals surface area contributed by atoms with Gasteiger partial charge in [0.2, 0.25) is 0 Å². The standard InChI is InChI=1S/C9H17NO4S.2Na/c1-9(2,3)14-8(13)10-6(4-5-15)7(11)12;;/h6,15H,4-5H2,1-3H3,(H,10,13)(H,11,12);;/q;2*+1/p-2/t6-;;/m0../s1. The number of amides is 1. The van der Waals surface area contributed by atoms with Crippen molar-refractivity contribution in [3.8, 4) is 0 Å². The fourth-order valence-corrected chi connectivity index (χ4v) is 1.05. The van der Waals surface area contributed by atoms with Gasteiger partial charge in [-0.25, -0.2) is 4.79 Å². The summed E-state index contributed by atoms with van der Waals surface area (Å²) in [6.45, 7) is 5.06. The second-order valence-corrected chi connectivity index (χ2v) is 4.42. The largest absolute Gasteiger partial charge is 1.00 e. The summed E-state index contributed by atoms with van der Waals surface area (Å²) >= 11 is 4.63. The summed E-state index contributed by atoms with van der Waals surface area (Å²) < 4.78 is 4.89. The summed E-state index contributed by atoms with van der Waals surface area (Å²) in [5.41, 5.74) is -0.658. The van der Waals surface area contributed by atoms with E-state index in [1.54, 1.807) is 20.8 Å². The quantitative estimate of drug-likeness (QED) is 0.409. The van der Waals surface area contributed by atoms with Crippen molar-refractivity contribution in [1.29, 1.82) is 0 Å². The average Bonchev–Trinajstić information content (AvgIpc) is 1.99. The van der Waals surface area contributed by atoms with Crippen LogP contribution in [0.5, 0.6) is 0 Å². The van der Waals surface area contributed by atoms with Crippen LogP contribution >= 0.6 is 0 Å². The van der Waals surface area contributed by atoms with Gasteiger partial charge in [-0.15, -0.1) is 0 Å². The molecule has 1 amide bonds. The molecule has 0 heterocycles. The van der Waals surface area contributed by atoms with Crippen molar-refractivity contribution in [3.05, 3.63) is 0 Å². The van der Waals surface area contributed by atoms with Gasteiger partial charge in [0.05, 0.1) is 12.0 Å². The average molecular weight is 279 g/mol. The van der Waals surface area contributed by atoms with E-state index in [-0.39, 0.29) is 71.3 Å². The Bertz CT molecular complexity index is 246. The van der Waals surface area contributed by atoms with E-state index in [1.807, 2.05) is 0 Å². The first-order valence-electron chi connectivity index (χ1n) is 4.54. The molecular formula is C9H15NNa2O4S. The molecule has 0 saturated heterocycles. The van der Waals surface area contributed by atoms with Gasteiger partial charge >= 0.3 is 65.2 Å². The van der Waals surface area contributed by atoms with Crippen LogP contribution in [0.4, 0.5) is 4.79 Å². The van der Waals surface area contributed by atoms with Gasteiger partial charge in [-0.1, -0.05) is 0 Å². The Morgan fingerprint density at radius 1 is 1.35 bits per heavy atom. The number of carbonyl (C=O) groups is 2. The van der Waals surface area contributed by atoms with Crippen molar-refractivity contribution in [1.82, 2.24) is 5.32 Å². The number of carboxylic acids is 1. The van der Waals surface area contributed by atoms with Gasteiger partial charge < -0.3 is 32.6 Å². The van der Waals surface area contributed by atoms with Crippen LogP contribution < -0.4 is 69.5 Å². The third kappa shape index (κ3) is 13.3. The maximum absolute atomic E-state index is 11.2. The van der Waals surface area contributed by atoms with E-state index >= 15 is 0 Å². The summed E-state index contributed by atoms with van der Waals surface area (Å²) in [5.74, 6) is -1.13. The molecule has 17 heavy (non-hydrogen) atoms. The molecule has 0 bridgehead atoms. The second-order valence-electron chi connectivity index (χ2n) is 4.01. The minimum atomic E-state index is -1.36. The van der Waals surface area contributed by atoms with E-state index in [0.29, 0.717) is 0 Å². The number of hydrogen-bond donors (Lipinski definition) is 1. The molecule has 88 valence electrons. The molecule has 1 N–H and O–H groups in total. The fraction of sp³-hybridized carbons (Fsp3) is 0.778. The van der Waals surface area contributed by atoms with E-state index in [1.165, 1.54) is 0 Å². The monoisotopic (exact) mass is 279 g/mol. The minimum absolute atomic E-state index is 0. The predicted octanol–water partition coefficient (Wildman–Crippen LogP) is -6.43. The van der Waals surface area contributed by atoms with Crippen LogP contribution in [0.3, 0.4) is 0 Å². The molecule has 1 atom stereocenters. The summed E-state index contributed by atoms with van der Waals surface area (Å²) in [6, 6.07) is -1.09. The number of nitrogens with one attached hydrogen (secondary N) is 1. The number of hydrogen-bond acceptors (Lipinski definition) is 5. The molecule has 0 saturated carbocycles. The molecule has 0 radical (unpaired) electrons. The Morgan fingerprint density at radius 2 is 1.82 bits per heavy atom. The first-order chi connectivity index (χ1) is 6.76. The van der Waals surface area contributed by atoms with E-state index in [2.05, 4.69) is 17.9 Å². The van der Waals surface area contributed by atoms with E-state index in [9.17, 15) is 14.7 Å². The molecule has 0 spiro atoms. The fourth-order valence-electron chi connectivity index (χ4n) is 0.817. The van der Waals surface area contributed by atoms with Crippen LogP contribution in [0.1, 0.15) is 27.2 Å². The molecular weight excluding hydrogens is 264 g/mol. The van der Waals surface area contributed by atoms with E-state index < -0.39 is 23.7 Å². The third-order valence-electron chi connectivity index (χ3n) is 1.38. The first kappa shape index (κ1) is 23.2. The van der Waals surface area contributed by atoms with Gasteiger partial charge in [0.25, 0.3) is 0 Å². The molecule has 0 unspecified atom stereocenters. The topological polar surface area (TPSA) is 78.5 Å². The minimum Gasteiger partial charge on any atom is -0.793 e. The SMILES string of the molecule is CC(C)(C)OC(=O)N[C@@H](CC[S-])C(=O)[O-].[Na+].[Na+]. The molecule has 5 nitrogen and oxygen atoms in total. The molecule has 0 aliphatic carbocycles. The zero-order chi connectivity index (χ0) is 12.1. The van der Waals surface area contributed by atoms with Crippen LogP contribution in [-0.4, -0.2) is 29.5 Å². The van der Waals surface area contributed by atoms with Gasteiger partial charge in [0.15, 0.2) is 0 Å². The van der Waals surface area contributed by atoms with Crippen LogP contribution in [-0.2, 0) is 22.2 Å². The number of ether oxygens (including phenoxy) is 1. The van der Waals surface area contributed by atoms with E-state index in [4.69, 9.17) is 4.74 Å². The Balaban J connectivity index is -0.000000980. The number of aliphatic carboxylic acids is 1. The number of carboxylic acid groups (broad SMARTS) is 1. The predicted molar refractivity (Wildman–Crippen MR) is 55.0 cm³/mol. The first-order valence-corrected chi connectivity index (χ1v) is 5.12. The van der Waals surface area contributed by atoms with Crippen molar-refractivity contribution >= 4 is 24.7 Å². The van der Waals surface area contributed by atoms with Gasteiger partial charge in [-0.2, -0.15) is 5.75 Å². The van der Waals surface area contributed by atoms with Crippen molar-refractivity contribution in [2.75, 3.05) is 5.75 Å². The van der Waals surface area contributed by atoms with Gasteiger partial charge in [0.1, 0.15) is 5.60 Å². The Hall–Kier alpha value is 1.09. The summed E-state index contributed by atoms with van der Waals surface area (Å²) in [6.07, 6.45) is -0.628. The molecule has 8 heteroatoms. The van der Waals surface area contributed by atoms with Crippen LogP contribution in [0, 0.1) is 0 Å². The Morgan fingerprint density at radius 3 is 2.12 bits per heavy atom.